The fourth-order valence-corrected chi connectivity index (χ4v) is 1.42. The molecule has 0 saturated heterocycles. The normalized spacial score (nSPS) is 9.80. The van der Waals surface area contributed by atoms with Gasteiger partial charge < -0.3 is 9.84 Å². The van der Waals surface area contributed by atoms with E-state index in [0.29, 0.717) is 0 Å². The van der Waals surface area contributed by atoms with E-state index in [4.69, 9.17) is 9.84 Å². The molecule has 2 rings (SSSR count). The van der Waals surface area contributed by atoms with Crippen molar-refractivity contribution in [3.05, 3.63) is 53.9 Å². The van der Waals surface area contributed by atoms with Gasteiger partial charge in [0.05, 0.1) is 11.9 Å². The summed E-state index contributed by atoms with van der Waals surface area (Å²) >= 11 is 0. The summed E-state index contributed by atoms with van der Waals surface area (Å²) in [7, 11) is 0. The Bertz CT molecular complexity index is 616. The zero-order valence-corrected chi connectivity index (χ0v) is 10.3. The highest BCUT2D eigenvalue weighted by molar-refractivity contribution is 5.89. The van der Waals surface area contributed by atoms with Crippen molar-refractivity contribution in [3.63, 3.8) is 0 Å². The number of carbonyl (C=O) groups excluding carboxylic acids is 1. The number of amides is 1. The Morgan fingerprint density at radius 1 is 1.25 bits per heavy atom. The first-order valence-electron chi connectivity index (χ1n) is 5.69. The van der Waals surface area contributed by atoms with Gasteiger partial charge in [-0.3, -0.25) is 5.32 Å². The molecule has 0 unspecified atom stereocenters. The van der Waals surface area contributed by atoms with Gasteiger partial charge in [-0.25, -0.2) is 9.59 Å². The van der Waals surface area contributed by atoms with Crippen LogP contribution >= 0.6 is 0 Å². The van der Waals surface area contributed by atoms with Crippen molar-refractivity contribution < 1.29 is 19.4 Å². The molecule has 0 aliphatic carbocycles. The lowest BCUT2D eigenvalue weighted by Gasteiger charge is -2.06. The molecule has 1 amide bonds. The third-order valence-electron chi connectivity index (χ3n) is 2.33. The summed E-state index contributed by atoms with van der Waals surface area (Å²) in [6.45, 7) is 0.122. The topological polar surface area (TPSA) is 101 Å². The van der Waals surface area contributed by atoms with Crippen molar-refractivity contribution >= 4 is 17.7 Å². The summed E-state index contributed by atoms with van der Waals surface area (Å²) in [4.78, 5) is 22.2. The van der Waals surface area contributed by atoms with Crippen LogP contribution < -0.4 is 5.32 Å². The van der Waals surface area contributed by atoms with Gasteiger partial charge in [-0.1, -0.05) is 30.3 Å². The standard InChI is InChI=1S/C13H11N3O4/c17-12(18)11-6-10(7-14-16-11)15-13(19)20-8-9-4-2-1-3-5-9/h1-7H,8H2,(H,17,18)(H,15,16,19). The number of carboxylic acid groups (broad SMARTS) is 1. The maximum absolute atomic E-state index is 11.5. The quantitative estimate of drug-likeness (QED) is 0.882. The number of anilines is 1. The fraction of sp³-hybridized carbons (Fsp3) is 0.0769. The van der Waals surface area contributed by atoms with Crippen molar-refractivity contribution in [2.75, 3.05) is 5.32 Å². The van der Waals surface area contributed by atoms with E-state index in [2.05, 4.69) is 15.5 Å². The highest BCUT2D eigenvalue weighted by Gasteiger charge is 2.09. The molecule has 0 aliphatic rings. The van der Waals surface area contributed by atoms with Crippen LogP contribution in [0.15, 0.2) is 42.6 Å². The van der Waals surface area contributed by atoms with Gasteiger partial charge in [0, 0.05) is 0 Å². The largest absolute Gasteiger partial charge is 0.476 e. The first-order valence-corrected chi connectivity index (χ1v) is 5.69. The number of rotatable bonds is 4. The third kappa shape index (κ3) is 3.77. The molecule has 1 heterocycles. The van der Waals surface area contributed by atoms with Gasteiger partial charge >= 0.3 is 12.1 Å². The third-order valence-corrected chi connectivity index (χ3v) is 2.33. The van der Waals surface area contributed by atoms with E-state index in [-0.39, 0.29) is 18.0 Å². The van der Waals surface area contributed by atoms with Crippen molar-refractivity contribution in [3.8, 4) is 0 Å². The van der Waals surface area contributed by atoms with Crippen molar-refractivity contribution in [1.82, 2.24) is 10.2 Å². The van der Waals surface area contributed by atoms with Gasteiger partial charge in [0.25, 0.3) is 0 Å². The molecule has 2 aromatic rings. The summed E-state index contributed by atoms with van der Waals surface area (Å²) in [6.07, 6.45) is 0.536. The second-order valence-corrected chi connectivity index (χ2v) is 3.82. The Hall–Kier alpha value is -2.96. The zero-order chi connectivity index (χ0) is 14.4. The van der Waals surface area contributed by atoms with Gasteiger partial charge in [-0.05, 0) is 11.6 Å². The Balaban J connectivity index is 1.91. The molecule has 7 nitrogen and oxygen atoms in total. The molecule has 20 heavy (non-hydrogen) atoms. The van der Waals surface area contributed by atoms with Crippen molar-refractivity contribution in [1.29, 1.82) is 0 Å². The van der Waals surface area contributed by atoms with E-state index in [0.717, 1.165) is 5.56 Å². The number of ether oxygens (including phenoxy) is 1. The highest BCUT2D eigenvalue weighted by atomic mass is 16.5. The van der Waals surface area contributed by atoms with E-state index in [1.54, 1.807) is 0 Å². The van der Waals surface area contributed by atoms with Crippen molar-refractivity contribution in [2.24, 2.45) is 0 Å². The predicted molar refractivity (Wildman–Crippen MR) is 69.2 cm³/mol. The molecule has 0 saturated carbocycles. The lowest BCUT2D eigenvalue weighted by molar-refractivity contribution is 0.0689. The minimum Gasteiger partial charge on any atom is -0.476 e. The maximum atomic E-state index is 11.5. The summed E-state index contributed by atoms with van der Waals surface area (Å²) in [5.41, 5.74) is 0.794. The summed E-state index contributed by atoms with van der Waals surface area (Å²) in [6, 6.07) is 10.4. The van der Waals surface area contributed by atoms with Crippen LogP contribution in [-0.4, -0.2) is 27.4 Å². The Morgan fingerprint density at radius 3 is 2.70 bits per heavy atom. The first kappa shape index (κ1) is 13.5. The summed E-state index contributed by atoms with van der Waals surface area (Å²) < 4.78 is 4.99. The van der Waals surface area contributed by atoms with Crippen LogP contribution in [0.1, 0.15) is 16.1 Å². The second-order valence-electron chi connectivity index (χ2n) is 3.82. The molecule has 0 fully saturated rings. The first-order chi connectivity index (χ1) is 9.65. The van der Waals surface area contributed by atoms with Gasteiger partial charge in [0.2, 0.25) is 0 Å². The van der Waals surface area contributed by atoms with E-state index >= 15 is 0 Å². The molecule has 0 atom stereocenters. The van der Waals surface area contributed by atoms with Crippen LogP contribution in [-0.2, 0) is 11.3 Å². The molecule has 7 heteroatoms. The van der Waals surface area contributed by atoms with Gasteiger partial charge in [-0.15, -0.1) is 5.10 Å². The van der Waals surface area contributed by atoms with Gasteiger partial charge in [0.15, 0.2) is 5.69 Å². The van der Waals surface area contributed by atoms with E-state index in [1.807, 2.05) is 30.3 Å². The number of carboxylic acids is 1. The minimum atomic E-state index is -1.22. The molecular formula is C13H11N3O4. The average molecular weight is 273 g/mol. The SMILES string of the molecule is O=C(Nc1cnnc(C(=O)O)c1)OCc1ccccc1. The molecule has 0 spiro atoms. The zero-order valence-electron chi connectivity index (χ0n) is 10.3. The number of hydrogen-bond donors (Lipinski definition) is 2. The van der Waals surface area contributed by atoms with Gasteiger partial charge in [-0.2, -0.15) is 5.10 Å². The average Bonchev–Trinajstić information content (AvgIpc) is 2.46. The number of nitrogens with zero attached hydrogens (tertiary/aromatic N) is 2. The number of aromatic nitrogens is 2. The monoisotopic (exact) mass is 273 g/mol. The summed E-state index contributed by atoms with van der Waals surface area (Å²) in [5.74, 6) is -1.22. The fourth-order valence-electron chi connectivity index (χ4n) is 1.42. The minimum absolute atomic E-state index is 0.122. The van der Waals surface area contributed by atoms with Crippen LogP contribution in [0.3, 0.4) is 0 Å². The molecule has 102 valence electrons. The number of hydrogen-bond acceptors (Lipinski definition) is 5. The molecule has 0 radical (unpaired) electrons. The molecule has 2 N–H and O–H groups in total. The number of carbonyl (C=O) groups is 2. The molecule has 1 aromatic carbocycles. The maximum Gasteiger partial charge on any atom is 0.412 e. The number of aromatic carboxylic acids is 1. The Kier molecular flexibility index (Phi) is 4.23. The van der Waals surface area contributed by atoms with Crippen molar-refractivity contribution in [2.45, 2.75) is 6.61 Å². The van der Waals surface area contributed by atoms with Crippen LogP contribution in [0.4, 0.5) is 10.5 Å². The summed E-state index contributed by atoms with van der Waals surface area (Å²) in [5, 5.41) is 18.0. The Morgan fingerprint density at radius 2 is 2.00 bits per heavy atom. The smallest absolute Gasteiger partial charge is 0.412 e. The molecule has 0 aliphatic heterocycles. The number of benzene rings is 1. The number of nitrogens with one attached hydrogen (secondary N) is 1. The van der Waals surface area contributed by atoms with Crippen LogP contribution in [0, 0.1) is 0 Å². The Labute approximate surface area is 114 Å². The van der Waals surface area contributed by atoms with E-state index < -0.39 is 12.1 Å². The molecular weight excluding hydrogens is 262 g/mol. The van der Waals surface area contributed by atoms with Gasteiger partial charge in [0.1, 0.15) is 6.61 Å². The van der Waals surface area contributed by atoms with Crippen LogP contribution in [0.2, 0.25) is 0 Å². The second kappa shape index (κ2) is 6.28. The lowest BCUT2D eigenvalue weighted by atomic mass is 10.2. The van der Waals surface area contributed by atoms with Crippen LogP contribution in [0.5, 0.6) is 0 Å². The van der Waals surface area contributed by atoms with E-state index in [9.17, 15) is 9.59 Å². The van der Waals surface area contributed by atoms with Crippen LogP contribution in [0.25, 0.3) is 0 Å². The lowest BCUT2D eigenvalue weighted by Crippen LogP contribution is -2.14. The van der Waals surface area contributed by atoms with E-state index in [1.165, 1.54) is 12.3 Å². The molecule has 1 aromatic heterocycles. The molecule has 0 bridgehead atoms. The predicted octanol–water partition coefficient (Wildman–Crippen LogP) is 1.92. The highest BCUT2D eigenvalue weighted by Crippen LogP contribution is 2.07.